The van der Waals surface area contributed by atoms with Crippen molar-refractivity contribution in [3.63, 3.8) is 0 Å². The first-order valence-corrected chi connectivity index (χ1v) is 10.4. The van der Waals surface area contributed by atoms with Crippen LogP contribution in [-0.4, -0.2) is 36.1 Å². The van der Waals surface area contributed by atoms with Crippen molar-refractivity contribution in [1.29, 1.82) is 0 Å². The summed E-state index contributed by atoms with van der Waals surface area (Å²) in [5.74, 6) is 0.360. The van der Waals surface area contributed by atoms with E-state index in [2.05, 4.69) is 10.3 Å². The molecule has 3 aromatic rings. The van der Waals surface area contributed by atoms with Gasteiger partial charge in [0.15, 0.2) is 0 Å². The molecule has 0 atom stereocenters. The standard InChI is InChI=1S/C24H27FN4O2/c1-2-31-14-11-22-8-9-23(29(18-30)17-20-6-4-12-26-16-20)24(28-22)27-13-10-19-5-3-7-21(25)15-19/h3-9,12,15-16,18H,2,10-11,13-14,17H2,1H3,(H,27,28). The van der Waals surface area contributed by atoms with E-state index < -0.39 is 0 Å². The Hall–Kier alpha value is -3.32. The third-order valence-electron chi connectivity index (χ3n) is 4.75. The molecule has 0 spiro atoms. The van der Waals surface area contributed by atoms with E-state index in [-0.39, 0.29) is 5.82 Å². The van der Waals surface area contributed by atoms with Crippen LogP contribution in [0.25, 0.3) is 0 Å². The van der Waals surface area contributed by atoms with Crippen molar-refractivity contribution in [2.24, 2.45) is 0 Å². The third kappa shape index (κ3) is 6.86. The first-order valence-electron chi connectivity index (χ1n) is 10.4. The summed E-state index contributed by atoms with van der Waals surface area (Å²) in [6.45, 7) is 4.13. The Morgan fingerprint density at radius 2 is 2.00 bits per heavy atom. The minimum absolute atomic E-state index is 0.252. The van der Waals surface area contributed by atoms with Crippen LogP contribution in [0.1, 0.15) is 23.7 Å². The molecule has 0 fully saturated rings. The number of rotatable bonds is 12. The van der Waals surface area contributed by atoms with Gasteiger partial charge < -0.3 is 15.0 Å². The molecule has 1 aromatic carbocycles. The van der Waals surface area contributed by atoms with Gasteiger partial charge in [0.2, 0.25) is 6.41 Å². The average Bonchev–Trinajstić information content (AvgIpc) is 2.79. The molecule has 7 heteroatoms. The maximum Gasteiger partial charge on any atom is 0.214 e. The number of hydrogen-bond donors (Lipinski definition) is 1. The first-order chi connectivity index (χ1) is 15.2. The molecule has 0 unspecified atom stereocenters. The molecule has 0 aliphatic rings. The van der Waals surface area contributed by atoms with Gasteiger partial charge in [0.25, 0.3) is 0 Å². The van der Waals surface area contributed by atoms with Crippen molar-refractivity contribution in [3.05, 3.63) is 83.6 Å². The van der Waals surface area contributed by atoms with Gasteiger partial charge in [-0.3, -0.25) is 9.78 Å². The lowest BCUT2D eigenvalue weighted by atomic mass is 10.1. The van der Waals surface area contributed by atoms with Gasteiger partial charge in [0, 0.05) is 37.7 Å². The van der Waals surface area contributed by atoms with Gasteiger partial charge in [-0.05, 0) is 54.8 Å². The number of carbonyl (C=O) groups is 1. The highest BCUT2D eigenvalue weighted by molar-refractivity contribution is 5.81. The fourth-order valence-corrected chi connectivity index (χ4v) is 3.20. The van der Waals surface area contributed by atoms with E-state index in [1.807, 2.05) is 37.3 Å². The second-order valence-electron chi connectivity index (χ2n) is 7.02. The van der Waals surface area contributed by atoms with Gasteiger partial charge in [-0.15, -0.1) is 0 Å². The van der Waals surface area contributed by atoms with Crippen LogP contribution in [0.5, 0.6) is 0 Å². The number of benzene rings is 1. The van der Waals surface area contributed by atoms with Crippen LogP contribution in [0.4, 0.5) is 15.9 Å². The van der Waals surface area contributed by atoms with Crippen molar-refractivity contribution in [3.8, 4) is 0 Å². The Balaban J connectivity index is 1.77. The summed E-state index contributed by atoms with van der Waals surface area (Å²) >= 11 is 0. The largest absolute Gasteiger partial charge is 0.381 e. The topological polar surface area (TPSA) is 67.3 Å². The van der Waals surface area contributed by atoms with Crippen LogP contribution in [0.15, 0.2) is 60.9 Å². The predicted molar refractivity (Wildman–Crippen MR) is 120 cm³/mol. The van der Waals surface area contributed by atoms with Crippen molar-refractivity contribution < 1.29 is 13.9 Å². The molecular weight excluding hydrogens is 395 g/mol. The average molecular weight is 423 g/mol. The molecule has 0 saturated carbocycles. The highest BCUT2D eigenvalue weighted by atomic mass is 19.1. The quantitative estimate of drug-likeness (QED) is 0.353. The number of nitrogens with zero attached hydrogens (tertiary/aromatic N) is 3. The second kappa shape index (κ2) is 11.8. The maximum absolute atomic E-state index is 13.4. The number of anilines is 2. The number of ether oxygens (including phenoxy) is 1. The number of amides is 1. The van der Waals surface area contributed by atoms with Crippen molar-refractivity contribution in [2.75, 3.05) is 30.0 Å². The number of aromatic nitrogens is 2. The van der Waals surface area contributed by atoms with Crippen LogP contribution in [0, 0.1) is 5.82 Å². The summed E-state index contributed by atoms with van der Waals surface area (Å²) in [6, 6.07) is 14.1. The highest BCUT2D eigenvalue weighted by Gasteiger charge is 2.14. The van der Waals surface area contributed by atoms with E-state index in [4.69, 9.17) is 9.72 Å². The number of carbonyl (C=O) groups excluding carboxylic acids is 1. The molecule has 0 radical (unpaired) electrons. The minimum atomic E-state index is -0.252. The predicted octanol–water partition coefficient (Wildman–Crippen LogP) is 4.01. The molecule has 3 rings (SSSR count). The van der Waals surface area contributed by atoms with Gasteiger partial charge in [0.1, 0.15) is 11.6 Å². The molecule has 0 aliphatic carbocycles. The molecular formula is C24H27FN4O2. The molecule has 6 nitrogen and oxygen atoms in total. The molecule has 2 aromatic heterocycles. The van der Waals surface area contributed by atoms with E-state index in [9.17, 15) is 9.18 Å². The normalized spacial score (nSPS) is 10.6. The van der Waals surface area contributed by atoms with Crippen LogP contribution in [0.2, 0.25) is 0 Å². The molecule has 0 saturated heterocycles. The first kappa shape index (κ1) is 22.4. The lowest BCUT2D eigenvalue weighted by molar-refractivity contribution is -0.107. The zero-order valence-electron chi connectivity index (χ0n) is 17.6. The van der Waals surface area contributed by atoms with Gasteiger partial charge in [0.05, 0.1) is 18.8 Å². The summed E-state index contributed by atoms with van der Waals surface area (Å²) in [5, 5.41) is 3.32. The summed E-state index contributed by atoms with van der Waals surface area (Å²) in [4.78, 5) is 22.3. The van der Waals surface area contributed by atoms with Crippen LogP contribution in [-0.2, 0) is 28.9 Å². The maximum atomic E-state index is 13.4. The van der Waals surface area contributed by atoms with E-state index in [1.54, 1.807) is 23.4 Å². The summed E-state index contributed by atoms with van der Waals surface area (Å²) in [7, 11) is 0. The molecule has 1 N–H and O–H groups in total. The number of halogens is 1. The Bertz CT molecular complexity index is 969. The number of hydrogen-bond acceptors (Lipinski definition) is 5. The molecule has 31 heavy (non-hydrogen) atoms. The van der Waals surface area contributed by atoms with E-state index >= 15 is 0 Å². The zero-order chi connectivity index (χ0) is 21.9. The number of pyridine rings is 2. The fraction of sp³-hybridized carbons (Fsp3) is 0.292. The lowest BCUT2D eigenvalue weighted by Gasteiger charge is -2.21. The van der Waals surface area contributed by atoms with E-state index in [1.165, 1.54) is 12.1 Å². The molecule has 0 bridgehead atoms. The lowest BCUT2D eigenvalue weighted by Crippen LogP contribution is -2.23. The zero-order valence-corrected chi connectivity index (χ0v) is 17.6. The summed E-state index contributed by atoms with van der Waals surface area (Å²) < 4.78 is 18.9. The number of nitrogens with one attached hydrogen (secondary N) is 1. The van der Waals surface area contributed by atoms with E-state index in [0.717, 1.165) is 23.2 Å². The minimum Gasteiger partial charge on any atom is -0.381 e. The highest BCUT2D eigenvalue weighted by Crippen LogP contribution is 2.25. The van der Waals surface area contributed by atoms with Crippen molar-refractivity contribution in [1.82, 2.24) is 9.97 Å². The van der Waals surface area contributed by atoms with Crippen molar-refractivity contribution in [2.45, 2.75) is 26.3 Å². The summed E-state index contributed by atoms with van der Waals surface area (Å²) in [5.41, 5.74) is 3.36. The van der Waals surface area contributed by atoms with Crippen molar-refractivity contribution >= 4 is 17.9 Å². The van der Waals surface area contributed by atoms with Crippen LogP contribution >= 0.6 is 0 Å². The smallest absolute Gasteiger partial charge is 0.214 e. The molecule has 0 aliphatic heterocycles. The fourth-order valence-electron chi connectivity index (χ4n) is 3.20. The van der Waals surface area contributed by atoms with Gasteiger partial charge in [-0.25, -0.2) is 9.37 Å². The van der Waals surface area contributed by atoms with Gasteiger partial charge in [-0.2, -0.15) is 0 Å². The van der Waals surface area contributed by atoms with Gasteiger partial charge in [-0.1, -0.05) is 18.2 Å². The molecule has 162 valence electrons. The van der Waals surface area contributed by atoms with E-state index in [0.29, 0.717) is 50.7 Å². The molecule has 2 heterocycles. The Morgan fingerprint density at radius 3 is 2.74 bits per heavy atom. The monoisotopic (exact) mass is 422 g/mol. The Kier molecular flexibility index (Phi) is 8.48. The second-order valence-corrected chi connectivity index (χ2v) is 7.02. The Labute approximate surface area is 182 Å². The Morgan fingerprint density at radius 1 is 1.13 bits per heavy atom. The van der Waals surface area contributed by atoms with Crippen LogP contribution < -0.4 is 10.2 Å². The molecule has 1 amide bonds. The summed E-state index contributed by atoms with van der Waals surface area (Å²) in [6.07, 6.45) is 5.53. The SMILES string of the molecule is CCOCCc1ccc(N(C=O)Cc2cccnc2)c(NCCc2cccc(F)c2)n1. The third-order valence-corrected chi connectivity index (χ3v) is 4.75. The van der Waals surface area contributed by atoms with Crippen LogP contribution in [0.3, 0.4) is 0 Å². The van der Waals surface area contributed by atoms with Gasteiger partial charge >= 0.3 is 0 Å².